The van der Waals surface area contributed by atoms with Gasteiger partial charge in [0, 0.05) is 11.3 Å². The molecule has 0 saturated heterocycles. The fourth-order valence-corrected chi connectivity index (χ4v) is 1.12. The number of thiol groups is 1. The van der Waals surface area contributed by atoms with Gasteiger partial charge in [-0.1, -0.05) is 35.9 Å². The number of hydrogen-bond donors (Lipinski definition) is 1. The Balaban J connectivity index is 3.00. The Labute approximate surface area is 81.5 Å². The van der Waals surface area contributed by atoms with Crippen LogP contribution in [0.25, 0.3) is 6.08 Å². The Morgan fingerprint density at radius 3 is 2.92 bits per heavy atom. The average Bonchev–Trinajstić information content (AvgIpc) is 2.08. The van der Waals surface area contributed by atoms with Gasteiger partial charge in [-0.3, -0.25) is 0 Å². The standard InChI is InChI=1S/C9H8ClFS/c10-8-5-1-3-7(9(8)11)4-2-6-12/h1-5,12H,6H2. The summed E-state index contributed by atoms with van der Waals surface area (Å²) >= 11 is 9.53. The molecule has 0 N–H and O–H groups in total. The lowest BCUT2D eigenvalue weighted by molar-refractivity contribution is 0.625. The summed E-state index contributed by atoms with van der Waals surface area (Å²) in [5, 5.41) is 0.149. The molecule has 0 atom stereocenters. The van der Waals surface area contributed by atoms with Crippen molar-refractivity contribution in [1.82, 2.24) is 0 Å². The van der Waals surface area contributed by atoms with Gasteiger partial charge in [0.1, 0.15) is 5.82 Å². The van der Waals surface area contributed by atoms with Crippen molar-refractivity contribution in [3.63, 3.8) is 0 Å². The van der Waals surface area contributed by atoms with Crippen LogP contribution in [0.5, 0.6) is 0 Å². The molecule has 0 spiro atoms. The highest BCUT2D eigenvalue weighted by atomic mass is 35.5. The minimum absolute atomic E-state index is 0.149. The van der Waals surface area contributed by atoms with Gasteiger partial charge in [0.2, 0.25) is 0 Å². The maximum atomic E-state index is 13.1. The SMILES string of the molecule is Fc1c(Cl)cccc1C=CCS. The van der Waals surface area contributed by atoms with Crippen LogP contribution in [0.1, 0.15) is 5.56 Å². The van der Waals surface area contributed by atoms with Gasteiger partial charge in [-0.15, -0.1) is 0 Å². The summed E-state index contributed by atoms with van der Waals surface area (Å²) in [6.07, 6.45) is 3.42. The van der Waals surface area contributed by atoms with Crippen LogP contribution in [-0.4, -0.2) is 5.75 Å². The molecule has 0 aliphatic rings. The van der Waals surface area contributed by atoms with E-state index in [2.05, 4.69) is 12.6 Å². The van der Waals surface area contributed by atoms with E-state index >= 15 is 0 Å². The summed E-state index contributed by atoms with van der Waals surface area (Å²) in [7, 11) is 0. The first kappa shape index (κ1) is 9.62. The highest BCUT2D eigenvalue weighted by Gasteiger charge is 2.01. The number of halogens is 2. The van der Waals surface area contributed by atoms with E-state index in [1.165, 1.54) is 6.07 Å². The second-order valence-corrected chi connectivity index (χ2v) is 3.00. The van der Waals surface area contributed by atoms with Crippen molar-refractivity contribution in [2.24, 2.45) is 0 Å². The molecule has 3 heteroatoms. The summed E-state index contributed by atoms with van der Waals surface area (Å²) in [4.78, 5) is 0. The molecular formula is C9H8ClFS. The summed E-state index contributed by atoms with van der Waals surface area (Å²) in [5.41, 5.74) is 0.497. The molecule has 0 amide bonds. The summed E-state index contributed by atoms with van der Waals surface area (Å²) in [5.74, 6) is 0.212. The lowest BCUT2D eigenvalue weighted by atomic mass is 10.2. The maximum absolute atomic E-state index is 13.1. The monoisotopic (exact) mass is 202 g/mol. The molecule has 0 saturated carbocycles. The first-order chi connectivity index (χ1) is 5.75. The molecule has 0 radical (unpaired) electrons. The van der Waals surface area contributed by atoms with Crippen molar-refractivity contribution >= 4 is 30.3 Å². The molecule has 1 aromatic carbocycles. The molecule has 0 aliphatic heterocycles. The van der Waals surface area contributed by atoms with E-state index in [4.69, 9.17) is 11.6 Å². The van der Waals surface area contributed by atoms with E-state index in [-0.39, 0.29) is 10.8 Å². The van der Waals surface area contributed by atoms with Crippen LogP contribution in [-0.2, 0) is 0 Å². The smallest absolute Gasteiger partial charge is 0.148 e. The second kappa shape index (κ2) is 4.53. The number of rotatable bonds is 2. The third-order valence-electron chi connectivity index (χ3n) is 1.38. The van der Waals surface area contributed by atoms with E-state index in [0.717, 1.165) is 0 Å². The van der Waals surface area contributed by atoms with Gasteiger partial charge in [-0.05, 0) is 6.07 Å². The zero-order valence-electron chi connectivity index (χ0n) is 6.30. The highest BCUT2D eigenvalue weighted by Crippen LogP contribution is 2.18. The Morgan fingerprint density at radius 2 is 2.25 bits per heavy atom. The largest absolute Gasteiger partial charge is 0.205 e. The zero-order valence-corrected chi connectivity index (χ0v) is 7.95. The van der Waals surface area contributed by atoms with Gasteiger partial charge >= 0.3 is 0 Å². The van der Waals surface area contributed by atoms with Crippen LogP contribution in [0.2, 0.25) is 5.02 Å². The van der Waals surface area contributed by atoms with Crippen LogP contribution in [0.4, 0.5) is 4.39 Å². The predicted molar refractivity (Wildman–Crippen MR) is 54.3 cm³/mol. The third-order valence-corrected chi connectivity index (χ3v) is 1.89. The molecular weight excluding hydrogens is 195 g/mol. The van der Waals surface area contributed by atoms with E-state index < -0.39 is 0 Å². The van der Waals surface area contributed by atoms with Crippen molar-refractivity contribution in [1.29, 1.82) is 0 Å². The molecule has 0 heterocycles. The van der Waals surface area contributed by atoms with Gasteiger partial charge in [0.25, 0.3) is 0 Å². The van der Waals surface area contributed by atoms with Crippen molar-refractivity contribution < 1.29 is 4.39 Å². The van der Waals surface area contributed by atoms with Gasteiger partial charge in [0.15, 0.2) is 0 Å². The molecule has 1 aromatic rings. The molecule has 0 nitrogen and oxygen atoms in total. The average molecular weight is 203 g/mol. The van der Waals surface area contributed by atoms with Crippen molar-refractivity contribution in [3.05, 3.63) is 40.7 Å². The Hall–Kier alpha value is -0.470. The van der Waals surface area contributed by atoms with Gasteiger partial charge in [-0.25, -0.2) is 4.39 Å². The van der Waals surface area contributed by atoms with Gasteiger partial charge in [0.05, 0.1) is 5.02 Å². The highest BCUT2D eigenvalue weighted by molar-refractivity contribution is 7.80. The molecule has 12 heavy (non-hydrogen) atoms. The minimum Gasteiger partial charge on any atom is -0.205 e. The number of benzene rings is 1. The summed E-state index contributed by atoms with van der Waals surface area (Å²) < 4.78 is 13.1. The van der Waals surface area contributed by atoms with E-state index in [9.17, 15) is 4.39 Å². The first-order valence-corrected chi connectivity index (χ1v) is 4.48. The Morgan fingerprint density at radius 1 is 1.50 bits per heavy atom. The minimum atomic E-state index is -0.378. The summed E-state index contributed by atoms with van der Waals surface area (Å²) in [6, 6.07) is 4.90. The predicted octanol–water partition coefficient (Wildman–Crippen LogP) is 3.42. The lowest BCUT2D eigenvalue weighted by Crippen LogP contribution is -1.82. The van der Waals surface area contributed by atoms with E-state index in [1.54, 1.807) is 24.3 Å². The second-order valence-electron chi connectivity index (χ2n) is 2.23. The third kappa shape index (κ3) is 2.26. The molecule has 0 unspecified atom stereocenters. The lowest BCUT2D eigenvalue weighted by Gasteiger charge is -1.97. The first-order valence-electron chi connectivity index (χ1n) is 3.47. The zero-order chi connectivity index (χ0) is 8.97. The van der Waals surface area contributed by atoms with Gasteiger partial charge in [-0.2, -0.15) is 12.6 Å². The molecule has 0 bridgehead atoms. The summed E-state index contributed by atoms with van der Waals surface area (Å²) in [6.45, 7) is 0. The van der Waals surface area contributed by atoms with Crippen LogP contribution >= 0.6 is 24.2 Å². The van der Waals surface area contributed by atoms with Crippen LogP contribution < -0.4 is 0 Å². The normalized spacial score (nSPS) is 10.9. The van der Waals surface area contributed by atoms with E-state index in [1.807, 2.05) is 0 Å². The number of hydrogen-bond acceptors (Lipinski definition) is 1. The molecule has 0 aromatic heterocycles. The molecule has 0 fully saturated rings. The van der Waals surface area contributed by atoms with Crippen LogP contribution in [0, 0.1) is 5.82 Å². The fraction of sp³-hybridized carbons (Fsp3) is 0.111. The van der Waals surface area contributed by atoms with Crippen LogP contribution in [0.3, 0.4) is 0 Å². The molecule has 0 aliphatic carbocycles. The van der Waals surface area contributed by atoms with Crippen molar-refractivity contribution in [2.75, 3.05) is 5.75 Å². The fourth-order valence-electron chi connectivity index (χ4n) is 0.829. The van der Waals surface area contributed by atoms with Gasteiger partial charge < -0.3 is 0 Å². The topological polar surface area (TPSA) is 0 Å². The Kier molecular flexibility index (Phi) is 3.63. The van der Waals surface area contributed by atoms with Crippen molar-refractivity contribution in [3.8, 4) is 0 Å². The van der Waals surface area contributed by atoms with E-state index in [0.29, 0.717) is 11.3 Å². The molecule has 64 valence electrons. The molecule has 1 rings (SSSR count). The van der Waals surface area contributed by atoms with Crippen LogP contribution in [0.15, 0.2) is 24.3 Å². The quantitative estimate of drug-likeness (QED) is 0.699. The Bertz CT molecular complexity index is 297. The maximum Gasteiger partial charge on any atom is 0.148 e. The van der Waals surface area contributed by atoms with Crippen molar-refractivity contribution in [2.45, 2.75) is 0 Å².